The van der Waals surface area contributed by atoms with E-state index in [1.807, 2.05) is 4.90 Å². The third kappa shape index (κ3) is 8.57. The monoisotopic (exact) mass is 607 g/mol. The van der Waals surface area contributed by atoms with Crippen LogP contribution < -0.4 is 10.6 Å². The highest BCUT2D eigenvalue weighted by Gasteiger charge is 2.36. The molecular weight excluding hydrogens is 574 g/mol. The summed E-state index contributed by atoms with van der Waals surface area (Å²) in [6.07, 6.45) is -0.794. The number of unbranched alkanes of at least 4 members (excludes halogenated alkanes) is 1. The van der Waals surface area contributed by atoms with Crippen LogP contribution in [0.4, 0.5) is 13.2 Å². The maximum atomic E-state index is 14.1. The quantitative estimate of drug-likeness (QED) is 0.302. The van der Waals surface area contributed by atoms with E-state index in [1.165, 1.54) is 31.2 Å². The minimum absolute atomic E-state index is 0.00285. The number of rotatable bonds is 11. The second-order valence-corrected chi connectivity index (χ2v) is 12.8. The van der Waals surface area contributed by atoms with Gasteiger partial charge in [-0.25, -0.2) is 8.42 Å². The molecule has 3 rings (SSSR count). The molecule has 1 atom stereocenters. The second-order valence-electron chi connectivity index (χ2n) is 9.70. The number of amides is 1. The molecule has 0 aliphatic carbocycles. The highest BCUT2D eigenvalue weighted by molar-refractivity contribution is 7.91. The van der Waals surface area contributed by atoms with E-state index < -0.39 is 27.5 Å². The minimum Gasteiger partial charge on any atom is -0.348 e. The highest BCUT2D eigenvalue weighted by Crippen LogP contribution is 2.37. The van der Waals surface area contributed by atoms with E-state index in [4.69, 9.17) is 23.2 Å². The van der Waals surface area contributed by atoms with E-state index in [0.717, 1.165) is 38.3 Å². The number of hydrogen-bond acceptors (Lipinski definition) is 5. The van der Waals surface area contributed by atoms with Crippen molar-refractivity contribution in [2.45, 2.75) is 69.7 Å². The summed E-state index contributed by atoms with van der Waals surface area (Å²) in [6.45, 7) is 5.50. The molecule has 1 saturated heterocycles. The Morgan fingerprint density at radius 1 is 1.15 bits per heavy atom. The number of nitrogens with zero attached hydrogens (tertiary/aromatic N) is 1. The SMILES string of the molecule is CCCCN[C@H]1CCCN(Cc2c(Cl)cc(C(=O)NCc3cc(Cl)ccc3S(=O)(=O)CC)cc2C(F)(F)F)C1. The zero-order valence-electron chi connectivity index (χ0n) is 22.0. The molecule has 1 aliphatic heterocycles. The molecule has 39 heavy (non-hydrogen) atoms. The first-order valence-corrected chi connectivity index (χ1v) is 15.4. The smallest absolute Gasteiger partial charge is 0.348 e. The molecule has 1 aliphatic rings. The van der Waals surface area contributed by atoms with Crippen LogP contribution in [-0.4, -0.2) is 50.7 Å². The summed E-state index contributed by atoms with van der Waals surface area (Å²) in [5.74, 6) is -0.972. The number of piperidine rings is 1. The molecule has 216 valence electrons. The largest absolute Gasteiger partial charge is 0.416 e. The minimum atomic E-state index is -4.72. The first-order chi connectivity index (χ1) is 18.4. The first-order valence-electron chi connectivity index (χ1n) is 13.0. The van der Waals surface area contributed by atoms with Gasteiger partial charge in [-0.1, -0.05) is 43.5 Å². The molecular formula is C27H34Cl2F3N3O3S. The lowest BCUT2D eigenvalue weighted by molar-refractivity contribution is -0.138. The summed E-state index contributed by atoms with van der Waals surface area (Å²) in [7, 11) is -3.61. The van der Waals surface area contributed by atoms with Crippen molar-refractivity contribution in [1.29, 1.82) is 0 Å². The Kier molecular flexibility index (Phi) is 11.1. The summed E-state index contributed by atoms with van der Waals surface area (Å²) in [4.78, 5) is 14.9. The molecule has 0 aromatic heterocycles. The standard InChI is InChI=1S/C27H34Cl2F3N3O3S/c1-3-5-10-33-21-7-6-11-35(16-21)17-22-23(27(30,31)32)13-18(14-24(22)29)26(36)34-15-19-12-20(28)8-9-25(19)39(37,38)4-2/h8-9,12-14,21,33H,3-7,10-11,15-17H2,1-2H3,(H,34,36)/t21-/m0/s1. The van der Waals surface area contributed by atoms with Gasteiger partial charge in [0, 0.05) is 41.3 Å². The molecule has 0 unspecified atom stereocenters. The van der Waals surface area contributed by atoms with E-state index >= 15 is 0 Å². The summed E-state index contributed by atoms with van der Waals surface area (Å²) in [6, 6.07) is 6.42. The molecule has 1 fully saturated rings. The van der Waals surface area contributed by atoms with Crippen molar-refractivity contribution in [1.82, 2.24) is 15.5 Å². The van der Waals surface area contributed by atoms with E-state index in [0.29, 0.717) is 13.1 Å². The van der Waals surface area contributed by atoms with Gasteiger partial charge in [-0.2, -0.15) is 13.2 Å². The van der Waals surface area contributed by atoms with Crippen LogP contribution in [0, 0.1) is 0 Å². The molecule has 0 spiro atoms. The van der Waals surface area contributed by atoms with Crippen molar-refractivity contribution in [2.75, 3.05) is 25.4 Å². The average molecular weight is 609 g/mol. The van der Waals surface area contributed by atoms with E-state index in [9.17, 15) is 26.4 Å². The molecule has 1 amide bonds. The fourth-order valence-corrected chi connectivity index (χ4v) is 6.27. The van der Waals surface area contributed by atoms with Gasteiger partial charge in [-0.15, -0.1) is 0 Å². The van der Waals surface area contributed by atoms with Crippen LogP contribution in [0.2, 0.25) is 10.0 Å². The van der Waals surface area contributed by atoms with Gasteiger partial charge in [0.1, 0.15) is 0 Å². The number of carbonyl (C=O) groups is 1. The lowest BCUT2D eigenvalue weighted by atomic mass is 9.99. The Hall–Kier alpha value is -1.85. The fraction of sp³-hybridized carbons (Fsp3) is 0.519. The van der Waals surface area contributed by atoms with Gasteiger partial charge in [0.25, 0.3) is 5.91 Å². The molecule has 2 N–H and O–H groups in total. The predicted molar refractivity (Wildman–Crippen MR) is 148 cm³/mol. The Morgan fingerprint density at radius 2 is 1.90 bits per heavy atom. The van der Waals surface area contributed by atoms with Crippen LogP contribution in [-0.2, 0) is 29.1 Å². The predicted octanol–water partition coefficient (Wildman–Crippen LogP) is 6.09. The van der Waals surface area contributed by atoms with E-state index in [2.05, 4.69) is 17.6 Å². The normalized spacial score (nSPS) is 16.8. The number of hydrogen-bond donors (Lipinski definition) is 2. The maximum absolute atomic E-state index is 14.1. The van der Waals surface area contributed by atoms with Gasteiger partial charge in [-0.3, -0.25) is 9.69 Å². The Labute approximate surface area is 238 Å². The molecule has 1 heterocycles. The number of alkyl halides is 3. The van der Waals surface area contributed by atoms with Crippen LogP contribution >= 0.6 is 23.2 Å². The number of halogens is 5. The number of benzene rings is 2. The summed E-state index contributed by atoms with van der Waals surface area (Å²) < 4.78 is 67.2. The molecule has 12 heteroatoms. The van der Waals surface area contributed by atoms with Crippen molar-refractivity contribution in [2.24, 2.45) is 0 Å². The zero-order chi connectivity index (χ0) is 28.8. The van der Waals surface area contributed by atoms with Gasteiger partial charge in [0.05, 0.1) is 16.2 Å². The third-order valence-corrected chi connectivity index (χ3v) is 9.19. The summed E-state index contributed by atoms with van der Waals surface area (Å²) >= 11 is 12.4. The zero-order valence-corrected chi connectivity index (χ0v) is 24.3. The molecule has 0 bridgehead atoms. The third-order valence-electron chi connectivity index (χ3n) is 6.79. The topological polar surface area (TPSA) is 78.5 Å². The van der Waals surface area contributed by atoms with Gasteiger partial charge < -0.3 is 10.6 Å². The number of nitrogens with one attached hydrogen (secondary N) is 2. The van der Waals surface area contributed by atoms with Crippen LogP contribution in [0.5, 0.6) is 0 Å². The fourth-order valence-electron chi connectivity index (χ4n) is 4.68. The Balaban J connectivity index is 1.81. The maximum Gasteiger partial charge on any atom is 0.416 e. The Bertz CT molecular complexity index is 1270. The molecule has 2 aromatic rings. The van der Waals surface area contributed by atoms with Gasteiger partial charge in [0.2, 0.25) is 0 Å². The van der Waals surface area contributed by atoms with Gasteiger partial charge >= 0.3 is 6.18 Å². The van der Waals surface area contributed by atoms with Crippen LogP contribution in [0.3, 0.4) is 0 Å². The number of carbonyl (C=O) groups excluding carboxylic acids is 1. The van der Waals surface area contributed by atoms with Crippen molar-refractivity contribution in [3.05, 3.63) is 62.6 Å². The second kappa shape index (κ2) is 13.7. The van der Waals surface area contributed by atoms with Crippen molar-refractivity contribution < 1.29 is 26.4 Å². The number of sulfone groups is 1. The molecule has 6 nitrogen and oxygen atoms in total. The van der Waals surface area contributed by atoms with E-state index in [1.54, 1.807) is 0 Å². The lowest BCUT2D eigenvalue weighted by Crippen LogP contribution is -2.45. The molecule has 0 radical (unpaired) electrons. The van der Waals surface area contributed by atoms with Crippen molar-refractivity contribution in [3.8, 4) is 0 Å². The summed E-state index contributed by atoms with van der Waals surface area (Å²) in [5, 5.41) is 6.10. The van der Waals surface area contributed by atoms with Crippen LogP contribution in [0.25, 0.3) is 0 Å². The van der Waals surface area contributed by atoms with E-state index in [-0.39, 0.29) is 56.5 Å². The summed E-state index contributed by atoms with van der Waals surface area (Å²) in [5.41, 5.74) is -1.06. The van der Waals surface area contributed by atoms with Crippen molar-refractivity contribution >= 4 is 38.9 Å². The molecule has 2 aromatic carbocycles. The van der Waals surface area contributed by atoms with Crippen LogP contribution in [0.15, 0.2) is 35.2 Å². The van der Waals surface area contributed by atoms with Crippen molar-refractivity contribution in [3.63, 3.8) is 0 Å². The first kappa shape index (κ1) is 31.7. The lowest BCUT2D eigenvalue weighted by Gasteiger charge is -2.34. The highest BCUT2D eigenvalue weighted by atomic mass is 35.5. The average Bonchev–Trinajstić information content (AvgIpc) is 2.88. The Morgan fingerprint density at radius 3 is 2.56 bits per heavy atom. The van der Waals surface area contributed by atoms with Crippen LogP contribution in [0.1, 0.15) is 66.6 Å². The van der Waals surface area contributed by atoms with Gasteiger partial charge in [0.15, 0.2) is 9.84 Å². The molecule has 0 saturated carbocycles. The van der Waals surface area contributed by atoms with Gasteiger partial charge in [-0.05, 0) is 73.8 Å². The number of likely N-dealkylation sites (tertiary alicyclic amines) is 1.